The van der Waals surface area contributed by atoms with Crippen LogP contribution in [0.5, 0.6) is 0 Å². The molecule has 1 fully saturated rings. The summed E-state index contributed by atoms with van der Waals surface area (Å²) >= 11 is 1.87. The lowest BCUT2D eigenvalue weighted by Crippen LogP contribution is -2.32. The molecule has 1 aromatic rings. The highest BCUT2D eigenvalue weighted by Crippen LogP contribution is 2.22. The van der Waals surface area contributed by atoms with Gasteiger partial charge in [-0.15, -0.1) is 0 Å². The normalized spacial score (nSPS) is 17.5. The summed E-state index contributed by atoms with van der Waals surface area (Å²) in [5.41, 5.74) is -0.341. The van der Waals surface area contributed by atoms with Crippen molar-refractivity contribution >= 4 is 27.8 Å². The van der Waals surface area contributed by atoms with Crippen molar-refractivity contribution in [3.63, 3.8) is 0 Å². The molecule has 0 radical (unpaired) electrons. The summed E-state index contributed by atoms with van der Waals surface area (Å²) in [5.74, 6) is 1.07. The van der Waals surface area contributed by atoms with Crippen LogP contribution in [0.25, 0.3) is 0 Å². The van der Waals surface area contributed by atoms with Crippen molar-refractivity contribution in [2.24, 2.45) is 5.92 Å². The molecule has 9 heteroatoms. The number of nitrogens with one attached hydrogen (secondary N) is 2. The Morgan fingerprint density at radius 1 is 1.53 bits per heavy atom. The third-order valence-corrected chi connectivity index (χ3v) is 5.45. The number of rotatable bonds is 5. The van der Waals surface area contributed by atoms with Gasteiger partial charge in [0.05, 0.1) is 6.20 Å². The van der Waals surface area contributed by atoms with Gasteiger partial charge in [-0.1, -0.05) is 0 Å². The van der Waals surface area contributed by atoms with Crippen molar-refractivity contribution in [1.29, 1.82) is 0 Å². The maximum Gasteiger partial charge on any atom is 0.340 e. The second-order valence-electron chi connectivity index (χ2n) is 4.33. The Labute approximate surface area is 115 Å². The molecule has 0 saturated carbocycles. The smallest absolute Gasteiger partial charge is 0.340 e. The first-order valence-corrected chi connectivity index (χ1v) is 8.48. The van der Waals surface area contributed by atoms with Crippen LogP contribution in [0.15, 0.2) is 11.2 Å². The number of carbonyl (C=O) groups is 1. The molecule has 0 spiro atoms. The number of sulfonamides is 1. The highest BCUT2D eigenvalue weighted by Gasteiger charge is 2.25. The third-order valence-electron chi connectivity index (χ3n) is 3.01. The molecule has 106 valence electrons. The van der Waals surface area contributed by atoms with E-state index in [1.54, 1.807) is 0 Å². The molecule has 0 unspecified atom stereocenters. The fraction of sp³-hybridized carbons (Fsp3) is 0.600. The summed E-state index contributed by atoms with van der Waals surface area (Å²) < 4.78 is 26.5. The van der Waals surface area contributed by atoms with Crippen molar-refractivity contribution in [1.82, 2.24) is 14.9 Å². The largest absolute Gasteiger partial charge is 0.478 e. The van der Waals surface area contributed by atoms with Gasteiger partial charge in [0.15, 0.2) is 5.03 Å². The second kappa shape index (κ2) is 5.93. The van der Waals surface area contributed by atoms with Gasteiger partial charge in [0, 0.05) is 6.54 Å². The number of aromatic nitrogens is 2. The summed E-state index contributed by atoms with van der Waals surface area (Å²) in [6.07, 6.45) is 2.94. The molecule has 0 aromatic carbocycles. The van der Waals surface area contributed by atoms with Gasteiger partial charge in [0.2, 0.25) is 0 Å². The number of aromatic amines is 1. The lowest BCUT2D eigenvalue weighted by Gasteiger charge is -2.21. The van der Waals surface area contributed by atoms with Gasteiger partial charge in [-0.2, -0.15) is 16.9 Å². The summed E-state index contributed by atoms with van der Waals surface area (Å²) in [6.45, 7) is 0.334. The molecule has 1 aliphatic heterocycles. The quantitative estimate of drug-likeness (QED) is 0.731. The second-order valence-corrected chi connectivity index (χ2v) is 7.25. The minimum Gasteiger partial charge on any atom is -0.478 e. The van der Waals surface area contributed by atoms with Gasteiger partial charge in [0.1, 0.15) is 5.56 Å². The molecule has 0 amide bonds. The van der Waals surface area contributed by atoms with Gasteiger partial charge in [-0.3, -0.25) is 5.10 Å². The Bertz CT molecular complexity index is 549. The number of nitrogens with zero attached hydrogens (tertiary/aromatic N) is 1. The first kappa shape index (κ1) is 14.4. The van der Waals surface area contributed by atoms with Gasteiger partial charge < -0.3 is 5.11 Å². The summed E-state index contributed by atoms with van der Waals surface area (Å²) in [4.78, 5) is 10.9. The van der Waals surface area contributed by atoms with Crippen LogP contribution in [-0.4, -0.2) is 47.7 Å². The zero-order valence-electron chi connectivity index (χ0n) is 10.1. The fourth-order valence-electron chi connectivity index (χ4n) is 1.88. The van der Waals surface area contributed by atoms with E-state index in [1.165, 1.54) is 0 Å². The van der Waals surface area contributed by atoms with Crippen molar-refractivity contribution < 1.29 is 18.3 Å². The average Bonchev–Trinajstić information content (AvgIpc) is 2.88. The van der Waals surface area contributed by atoms with E-state index < -0.39 is 16.0 Å². The number of H-pyrrole nitrogens is 1. The molecule has 1 aliphatic rings. The van der Waals surface area contributed by atoms with Gasteiger partial charge in [0.25, 0.3) is 10.0 Å². The Hall–Kier alpha value is -1.06. The van der Waals surface area contributed by atoms with Crippen LogP contribution >= 0.6 is 11.8 Å². The standard InChI is InChI=1S/C10H15N3O4S2/c14-10(15)8-6-11-13-9(8)19(16,17)12-5-7-1-3-18-4-2-7/h6-7,12H,1-5H2,(H,11,13)(H,14,15). The van der Waals surface area contributed by atoms with E-state index in [9.17, 15) is 13.2 Å². The molecule has 1 saturated heterocycles. The van der Waals surface area contributed by atoms with E-state index in [1.807, 2.05) is 11.8 Å². The average molecular weight is 305 g/mol. The Morgan fingerprint density at radius 2 is 2.21 bits per heavy atom. The van der Waals surface area contributed by atoms with Crippen LogP contribution < -0.4 is 4.72 Å². The number of hydrogen-bond donors (Lipinski definition) is 3. The zero-order chi connectivity index (χ0) is 13.9. The minimum absolute atomic E-state index is 0.312. The molecule has 19 heavy (non-hydrogen) atoms. The third kappa shape index (κ3) is 3.48. The summed E-state index contributed by atoms with van der Waals surface area (Å²) in [6, 6.07) is 0. The molecule has 1 aromatic heterocycles. The number of carboxylic acid groups (broad SMARTS) is 1. The van der Waals surface area contributed by atoms with E-state index in [-0.39, 0.29) is 10.6 Å². The molecular weight excluding hydrogens is 290 g/mol. The topological polar surface area (TPSA) is 112 Å². The van der Waals surface area contributed by atoms with Crippen LogP contribution in [0.4, 0.5) is 0 Å². The van der Waals surface area contributed by atoms with Crippen molar-refractivity contribution in [3.8, 4) is 0 Å². The van der Waals surface area contributed by atoms with Crippen molar-refractivity contribution in [3.05, 3.63) is 11.8 Å². The Balaban J connectivity index is 2.05. The summed E-state index contributed by atoms with van der Waals surface area (Å²) in [7, 11) is -3.85. The lowest BCUT2D eigenvalue weighted by molar-refractivity contribution is 0.0692. The number of aromatic carboxylic acids is 1. The molecule has 2 heterocycles. The predicted octanol–water partition coefficient (Wildman–Crippen LogP) is 0.529. The lowest BCUT2D eigenvalue weighted by atomic mass is 10.0. The van der Waals surface area contributed by atoms with Crippen molar-refractivity contribution in [2.45, 2.75) is 17.9 Å². The first-order valence-electron chi connectivity index (χ1n) is 5.85. The van der Waals surface area contributed by atoms with E-state index >= 15 is 0 Å². The van der Waals surface area contributed by atoms with E-state index in [2.05, 4.69) is 14.9 Å². The zero-order valence-corrected chi connectivity index (χ0v) is 11.8. The molecule has 2 rings (SSSR count). The highest BCUT2D eigenvalue weighted by atomic mass is 32.2. The Morgan fingerprint density at radius 3 is 2.84 bits per heavy atom. The van der Waals surface area contributed by atoms with Gasteiger partial charge in [-0.05, 0) is 30.3 Å². The number of thioether (sulfide) groups is 1. The number of carboxylic acids is 1. The van der Waals surface area contributed by atoms with Crippen LogP contribution in [0.2, 0.25) is 0 Å². The number of hydrogen-bond acceptors (Lipinski definition) is 5. The van der Waals surface area contributed by atoms with Crippen LogP contribution in [-0.2, 0) is 10.0 Å². The van der Waals surface area contributed by atoms with E-state index in [4.69, 9.17) is 5.11 Å². The van der Waals surface area contributed by atoms with Crippen LogP contribution in [0, 0.1) is 5.92 Å². The SMILES string of the molecule is O=C(O)c1cn[nH]c1S(=O)(=O)NCC1CCSCC1. The molecular formula is C10H15N3O4S2. The van der Waals surface area contributed by atoms with Gasteiger partial charge in [-0.25, -0.2) is 17.9 Å². The minimum atomic E-state index is -3.85. The van der Waals surface area contributed by atoms with E-state index in [0.29, 0.717) is 12.5 Å². The Kier molecular flexibility index (Phi) is 4.48. The molecule has 0 bridgehead atoms. The summed E-state index contributed by atoms with van der Waals surface area (Å²) in [5, 5.41) is 14.2. The molecule has 7 nitrogen and oxygen atoms in total. The van der Waals surface area contributed by atoms with Crippen LogP contribution in [0.3, 0.4) is 0 Å². The van der Waals surface area contributed by atoms with Crippen molar-refractivity contribution in [2.75, 3.05) is 18.1 Å². The fourth-order valence-corrected chi connectivity index (χ4v) is 4.29. The maximum atomic E-state index is 12.0. The molecule has 3 N–H and O–H groups in total. The van der Waals surface area contributed by atoms with Gasteiger partial charge >= 0.3 is 5.97 Å². The highest BCUT2D eigenvalue weighted by molar-refractivity contribution is 7.99. The first-order chi connectivity index (χ1) is 9.00. The van der Waals surface area contributed by atoms with E-state index in [0.717, 1.165) is 30.5 Å². The predicted molar refractivity (Wildman–Crippen MR) is 70.8 cm³/mol. The monoisotopic (exact) mass is 305 g/mol. The molecule has 0 atom stereocenters. The maximum absolute atomic E-state index is 12.0. The molecule has 0 aliphatic carbocycles. The van der Waals surface area contributed by atoms with Crippen LogP contribution in [0.1, 0.15) is 23.2 Å².